The summed E-state index contributed by atoms with van der Waals surface area (Å²) in [5.41, 5.74) is 0.245. The van der Waals surface area contributed by atoms with E-state index in [1.807, 2.05) is 13.8 Å². The fraction of sp³-hybridized carbons (Fsp3) is 0.417. The van der Waals surface area contributed by atoms with Crippen molar-refractivity contribution in [2.75, 3.05) is 11.9 Å². The SMILES string of the molecule is CC(C)NCCC(=O)Nc1c(Cl)cc(F)cc1Cl. The molecule has 0 spiro atoms. The number of anilines is 1. The van der Waals surface area contributed by atoms with E-state index in [-0.39, 0.29) is 21.6 Å². The molecule has 3 nitrogen and oxygen atoms in total. The normalized spacial score (nSPS) is 10.8. The molecule has 0 bridgehead atoms. The highest BCUT2D eigenvalue weighted by molar-refractivity contribution is 6.39. The maximum absolute atomic E-state index is 12.9. The molecule has 1 rings (SSSR count). The molecule has 0 fully saturated rings. The molecule has 1 amide bonds. The Kier molecular flexibility index (Phi) is 5.85. The Morgan fingerprint density at radius 1 is 1.33 bits per heavy atom. The third-order valence-electron chi connectivity index (χ3n) is 2.18. The van der Waals surface area contributed by atoms with E-state index in [2.05, 4.69) is 10.6 Å². The number of nitrogens with one attached hydrogen (secondary N) is 2. The Bertz CT molecular complexity index is 415. The monoisotopic (exact) mass is 292 g/mol. The highest BCUT2D eigenvalue weighted by atomic mass is 35.5. The summed E-state index contributed by atoms with van der Waals surface area (Å²) in [5.74, 6) is -0.761. The van der Waals surface area contributed by atoms with Crippen LogP contribution >= 0.6 is 23.2 Å². The largest absolute Gasteiger partial charge is 0.324 e. The molecule has 0 aliphatic rings. The van der Waals surface area contributed by atoms with Crippen molar-refractivity contribution in [2.24, 2.45) is 0 Å². The van der Waals surface area contributed by atoms with Gasteiger partial charge in [0.1, 0.15) is 5.82 Å². The molecule has 18 heavy (non-hydrogen) atoms. The fourth-order valence-corrected chi connectivity index (χ4v) is 1.89. The quantitative estimate of drug-likeness (QED) is 0.873. The molecule has 1 aromatic rings. The minimum atomic E-state index is -0.538. The number of benzene rings is 1. The van der Waals surface area contributed by atoms with E-state index in [1.165, 1.54) is 0 Å². The lowest BCUT2D eigenvalue weighted by Crippen LogP contribution is -2.27. The summed E-state index contributed by atoms with van der Waals surface area (Å²) in [6.07, 6.45) is 0.294. The van der Waals surface area contributed by atoms with Gasteiger partial charge in [-0.05, 0) is 12.1 Å². The molecule has 2 N–H and O–H groups in total. The van der Waals surface area contributed by atoms with Gasteiger partial charge in [0.25, 0.3) is 0 Å². The minimum absolute atomic E-state index is 0.0881. The highest BCUT2D eigenvalue weighted by Crippen LogP contribution is 2.31. The van der Waals surface area contributed by atoms with E-state index in [1.54, 1.807) is 0 Å². The van der Waals surface area contributed by atoms with Gasteiger partial charge in [-0.3, -0.25) is 4.79 Å². The van der Waals surface area contributed by atoms with Crippen LogP contribution in [0.5, 0.6) is 0 Å². The van der Waals surface area contributed by atoms with Gasteiger partial charge in [0.05, 0.1) is 15.7 Å². The molecule has 0 saturated heterocycles. The Morgan fingerprint density at radius 3 is 2.39 bits per heavy atom. The molecule has 0 saturated carbocycles. The second-order valence-electron chi connectivity index (χ2n) is 4.15. The van der Waals surface area contributed by atoms with Crippen LogP contribution in [0.25, 0.3) is 0 Å². The Morgan fingerprint density at radius 2 is 1.89 bits per heavy atom. The smallest absolute Gasteiger partial charge is 0.225 e. The van der Waals surface area contributed by atoms with Crippen molar-refractivity contribution in [1.29, 1.82) is 0 Å². The summed E-state index contributed by atoms with van der Waals surface area (Å²) in [7, 11) is 0. The van der Waals surface area contributed by atoms with Crippen LogP contribution < -0.4 is 10.6 Å². The Hall–Kier alpha value is -0.840. The number of carbonyl (C=O) groups is 1. The molecule has 0 aliphatic carbocycles. The zero-order valence-corrected chi connectivity index (χ0v) is 11.7. The van der Waals surface area contributed by atoms with Gasteiger partial charge in [0, 0.05) is 19.0 Å². The predicted molar refractivity (Wildman–Crippen MR) is 72.8 cm³/mol. The summed E-state index contributed by atoms with van der Waals surface area (Å²) in [6.45, 7) is 4.54. The predicted octanol–water partition coefficient (Wildman–Crippen LogP) is 3.46. The van der Waals surface area contributed by atoms with Gasteiger partial charge >= 0.3 is 0 Å². The zero-order valence-electron chi connectivity index (χ0n) is 10.2. The minimum Gasteiger partial charge on any atom is -0.324 e. The number of rotatable bonds is 5. The van der Waals surface area contributed by atoms with Crippen LogP contribution in [0.3, 0.4) is 0 Å². The number of hydrogen-bond donors (Lipinski definition) is 2. The van der Waals surface area contributed by atoms with Crippen LogP contribution in [0.1, 0.15) is 20.3 Å². The molecular weight excluding hydrogens is 278 g/mol. The molecule has 0 aliphatic heterocycles. The first-order valence-electron chi connectivity index (χ1n) is 5.58. The molecule has 0 atom stereocenters. The van der Waals surface area contributed by atoms with Gasteiger partial charge < -0.3 is 10.6 Å². The molecule has 0 heterocycles. The van der Waals surface area contributed by atoms with E-state index >= 15 is 0 Å². The van der Waals surface area contributed by atoms with E-state index < -0.39 is 5.82 Å². The number of carbonyl (C=O) groups excluding carboxylic acids is 1. The van der Waals surface area contributed by atoms with Crippen molar-refractivity contribution in [3.63, 3.8) is 0 Å². The lowest BCUT2D eigenvalue weighted by molar-refractivity contribution is -0.116. The van der Waals surface area contributed by atoms with Crippen molar-refractivity contribution in [2.45, 2.75) is 26.3 Å². The van der Waals surface area contributed by atoms with Gasteiger partial charge in [0.2, 0.25) is 5.91 Å². The number of amides is 1. The van der Waals surface area contributed by atoms with Gasteiger partial charge in [-0.2, -0.15) is 0 Å². The molecule has 100 valence electrons. The van der Waals surface area contributed by atoms with Crippen LogP contribution in [-0.2, 0) is 4.79 Å². The third kappa shape index (κ3) is 4.80. The summed E-state index contributed by atoms with van der Waals surface area (Å²) in [6, 6.07) is 2.53. The molecular formula is C12H15Cl2FN2O. The summed E-state index contributed by atoms with van der Waals surface area (Å²) >= 11 is 11.6. The van der Waals surface area contributed by atoms with Crippen LogP contribution in [0.2, 0.25) is 10.0 Å². The first-order chi connectivity index (χ1) is 8.40. The standard InChI is InChI=1S/C12H15Cl2FN2O/c1-7(2)16-4-3-11(18)17-12-9(13)5-8(15)6-10(12)14/h5-7,16H,3-4H2,1-2H3,(H,17,18). The van der Waals surface area contributed by atoms with Gasteiger partial charge in [0.15, 0.2) is 0 Å². The lowest BCUT2D eigenvalue weighted by atomic mass is 10.3. The number of hydrogen-bond acceptors (Lipinski definition) is 2. The maximum atomic E-state index is 12.9. The average Bonchev–Trinajstić information content (AvgIpc) is 2.22. The molecule has 1 aromatic carbocycles. The summed E-state index contributed by atoms with van der Waals surface area (Å²) in [4.78, 5) is 11.6. The molecule has 0 radical (unpaired) electrons. The van der Waals surface area contributed by atoms with E-state index in [4.69, 9.17) is 23.2 Å². The van der Waals surface area contributed by atoms with Crippen LogP contribution in [0, 0.1) is 5.82 Å². The second-order valence-corrected chi connectivity index (χ2v) is 4.97. The van der Waals surface area contributed by atoms with Crippen molar-refractivity contribution >= 4 is 34.8 Å². The Balaban J connectivity index is 2.59. The van der Waals surface area contributed by atoms with Crippen molar-refractivity contribution < 1.29 is 9.18 Å². The van der Waals surface area contributed by atoms with Crippen molar-refractivity contribution in [3.8, 4) is 0 Å². The van der Waals surface area contributed by atoms with E-state index in [0.717, 1.165) is 12.1 Å². The molecule has 0 aromatic heterocycles. The Labute approximate surface area is 116 Å². The highest BCUT2D eigenvalue weighted by Gasteiger charge is 2.11. The third-order valence-corrected chi connectivity index (χ3v) is 2.77. The first-order valence-corrected chi connectivity index (χ1v) is 6.33. The molecule has 6 heteroatoms. The maximum Gasteiger partial charge on any atom is 0.225 e. The van der Waals surface area contributed by atoms with Gasteiger partial charge in [-0.1, -0.05) is 37.0 Å². The van der Waals surface area contributed by atoms with Gasteiger partial charge in [-0.25, -0.2) is 4.39 Å². The van der Waals surface area contributed by atoms with Crippen LogP contribution in [0.15, 0.2) is 12.1 Å². The average molecular weight is 293 g/mol. The second kappa shape index (κ2) is 6.92. The van der Waals surface area contributed by atoms with Crippen LogP contribution in [-0.4, -0.2) is 18.5 Å². The van der Waals surface area contributed by atoms with Gasteiger partial charge in [-0.15, -0.1) is 0 Å². The summed E-state index contributed by atoms with van der Waals surface area (Å²) in [5, 5.41) is 5.86. The van der Waals surface area contributed by atoms with Crippen LogP contribution in [0.4, 0.5) is 10.1 Å². The van der Waals surface area contributed by atoms with Crippen molar-refractivity contribution in [1.82, 2.24) is 5.32 Å². The lowest BCUT2D eigenvalue weighted by Gasteiger charge is -2.11. The first kappa shape index (κ1) is 15.2. The van der Waals surface area contributed by atoms with Crippen molar-refractivity contribution in [3.05, 3.63) is 28.0 Å². The van der Waals surface area contributed by atoms with E-state index in [0.29, 0.717) is 19.0 Å². The topological polar surface area (TPSA) is 41.1 Å². The van der Waals surface area contributed by atoms with E-state index in [9.17, 15) is 9.18 Å². The molecule has 0 unspecified atom stereocenters. The summed E-state index contributed by atoms with van der Waals surface area (Å²) < 4.78 is 12.9. The number of halogens is 3. The zero-order chi connectivity index (χ0) is 13.7. The fourth-order valence-electron chi connectivity index (χ4n) is 1.34.